The molecule has 2 aromatic carbocycles. The van der Waals surface area contributed by atoms with Gasteiger partial charge in [-0.1, -0.05) is 35.9 Å². The van der Waals surface area contributed by atoms with Crippen molar-refractivity contribution in [2.45, 2.75) is 19.4 Å². The van der Waals surface area contributed by atoms with E-state index in [0.717, 1.165) is 16.8 Å². The van der Waals surface area contributed by atoms with Crippen LogP contribution in [-0.2, 0) is 11.3 Å². The Hall–Kier alpha value is -4.07. The Morgan fingerprint density at radius 1 is 1.00 bits per heavy atom. The van der Waals surface area contributed by atoms with E-state index < -0.39 is 5.92 Å². The average molecular weight is 475 g/mol. The molecule has 2 heterocycles. The van der Waals surface area contributed by atoms with Gasteiger partial charge < -0.3 is 25.0 Å². The molecule has 3 aromatic rings. The van der Waals surface area contributed by atoms with Crippen LogP contribution in [0.5, 0.6) is 11.5 Å². The highest BCUT2D eigenvalue weighted by molar-refractivity contribution is 5.91. The molecule has 0 unspecified atom stereocenters. The quantitative estimate of drug-likeness (QED) is 0.541. The second kappa shape index (κ2) is 10.9. The number of nitrogens with one attached hydrogen (secondary N) is 2. The Labute approximate surface area is 205 Å². The maximum atomic E-state index is 13.4. The molecule has 0 bridgehead atoms. The summed E-state index contributed by atoms with van der Waals surface area (Å²) < 4.78 is 11.1. The van der Waals surface area contributed by atoms with E-state index in [2.05, 4.69) is 15.6 Å². The van der Waals surface area contributed by atoms with Crippen molar-refractivity contribution < 1.29 is 19.1 Å². The fraction of sp³-hybridized carbons (Fsp3) is 0.296. The number of aromatic nitrogens is 1. The summed E-state index contributed by atoms with van der Waals surface area (Å²) in [5.74, 6) is 0.274. The van der Waals surface area contributed by atoms with E-state index in [1.807, 2.05) is 67.6 Å². The smallest absolute Gasteiger partial charge is 0.321 e. The highest BCUT2D eigenvalue weighted by Crippen LogP contribution is 2.42. The molecule has 35 heavy (non-hydrogen) atoms. The lowest BCUT2D eigenvalue weighted by atomic mass is 9.87. The maximum absolute atomic E-state index is 13.4. The summed E-state index contributed by atoms with van der Waals surface area (Å²) in [6.07, 6.45) is 1.69. The van der Waals surface area contributed by atoms with Gasteiger partial charge in [-0.15, -0.1) is 0 Å². The Kier molecular flexibility index (Phi) is 7.50. The van der Waals surface area contributed by atoms with Crippen LogP contribution in [0.15, 0.2) is 66.9 Å². The second-order valence-corrected chi connectivity index (χ2v) is 8.54. The van der Waals surface area contributed by atoms with Gasteiger partial charge in [-0.3, -0.25) is 9.78 Å². The summed E-state index contributed by atoms with van der Waals surface area (Å²) >= 11 is 0. The number of para-hydroxylation sites is 1. The van der Waals surface area contributed by atoms with E-state index in [1.54, 1.807) is 25.3 Å². The first kappa shape index (κ1) is 24.1. The van der Waals surface area contributed by atoms with Gasteiger partial charge in [0.1, 0.15) is 0 Å². The van der Waals surface area contributed by atoms with E-state index in [0.29, 0.717) is 30.3 Å². The molecule has 0 radical (unpaired) electrons. The molecular weight excluding hydrogens is 444 g/mol. The van der Waals surface area contributed by atoms with Crippen LogP contribution in [0.2, 0.25) is 0 Å². The number of methoxy groups -OCH3 is 2. The van der Waals surface area contributed by atoms with Crippen LogP contribution in [0.25, 0.3) is 0 Å². The Balaban J connectivity index is 1.57. The number of hydrogen-bond acceptors (Lipinski definition) is 5. The minimum absolute atomic E-state index is 0.142. The number of aryl methyl sites for hydroxylation is 1. The summed E-state index contributed by atoms with van der Waals surface area (Å²) in [4.78, 5) is 32.4. The third-order valence-corrected chi connectivity index (χ3v) is 6.25. The molecule has 3 amide bonds. The number of hydrogen-bond donors (Lipinski definition) is 2. The Morgan fingerprint density at radius 3 is 2.49 bits per heavy atom. The standard InChI is InChI=1S/C27H30N4O4/c1-18-10-12-19(13-11-18)30-27(33)31-16-22(21-8-6-9-24(34-2)25(21)35-3)23(17-31)26(32)29-15-20-7-4-5-14-28-20/h4-14,22-23H,15-17H2,1-3H3,(H,29,32)(H,30,33)/t22-,23-/m0/s1. The first-order chi connectivity index (χ1) is 17.0. The summed E-state index contributed by atoms with van der Waals surface area (Å²) in [5.41, 5.74) is 3.41. The maximum Gasteiger partial charge on any atom is 0.321 e. The molecule has 1 aliphatic heterocycles. The third-order valence-electron chi connectivity index (χ3n) is 6.25. The Morgan fingerprint density at radius 2 is 1.80 bits per heavy atom. The highest BCUT2D eigenvalue weighted by atomic mass is 16.5. The number of pyridine rings is 1. The molecule has 1 aliphatic rings. The van der Waals surface area contributed by atoms with Gasteiger partial charge in [-0.2, -0.15) is 0 Å². The number of ether oxygens (including phenoxy) is 2. The minimum Gasteiger partial charge on any atom is -0.493 e. The minimum atomic E-state index is -0.469. The molecule has 2 atom stereocenters. The van der Waals surface area contributed by atoms with Crippen molar-refractivity contribution in [1.29, 1.82) is 0 Å². The molecule has 1 saturated heterocycles. The van der Waals surface area contributed by atoms with Crippen LogP contribution in [-0.4, -0.2) is 49.1 Å². The molecule has 0 saturated carbocycles. The first-order valence-corrected chi connectivity index (χ1v) is 11.5. The van der Waals surface area contributed by atoms with Gasteiger partial charge in [0, 0.05) is 36.5 Å². The van der Waals surface area contributed by atoms with Gasteiger partial charge in [-0.05, 0) is 37.3 Å². The van der Waals surface area contributed by atoms with Crippen molar-refractivity contribution in [3.8, 4) is 11.5 Å². The second-order valence-electron chi connectivity index (χ2n) is 8.54. The van der Waals surface area contributed by atoms with Crippen LogP contribution < -0.4 is 20.1 Å². The SMILES string of the molecule is COc1cccc([C@@H]2CN(C(=O)Nc3ccc(C)cc3)C[C@@H]2C(=O)NCc2ccccn2)c1OC. The highest BCUT2D eigenvalue weighted by Gasteiger charge is 2.42. The van der Waals surface area contributed by atoms with Crippen LogP contribution >= 0.6 is 0 Å². The summed E-state index contributed by atoms with van der Waals surface area (Å²) in [5, 5.41) is 5.93. The van der Waals surface area contributed by atoms with Gasteiger partial charge in [-0.25, -0.2) is 4.79 Å². The molecule has 0 aliphatic carbocycles. The van der Waals surface area contributed by atoms with Crippen LogP contribution in [0.1, 0.15) is 22.7 Å². The van der Waals surface area contributed by atoms with Gasteiger partial charge in [0.25, 0.3) is 0 Å². The van der Waals surface area contributed by atoms with Gasteiger partial charge in [0.05, 0.1) is 32.4 Å². The summed E-state index contributed by atoms with van der Waals surface area (Å²) in [7, 11) is 3.16. The van der Waals surface area contributed by atoms with Gasteiger partial charge in [0.2, 0.25) is 5.91 Å². The predicted molar refractivity (Wildman–Crippen MR) is 134 cm³/mol. The normalized spacial score (nSPS) is 17.1. The number of urea groups is 1. The largest absolute Gasteiger partial charge is 0.493 e. The van der Waals surface area contributed by atoms with E-state index in [9.17, 15) is 9.59 Å². The van der Waals surface area contributed by atoms with Crippen molar-refractivity contribution in [2.24, 2.45) is 5.92 Å². The Bertz CT molecular complexity index is 1170. The summed E-state index contributed by atoms with van der Waals surface area (Å²) in [6.45, 7) is 2.94. The molecule has 8 nitrogen and oxygen atoms in total. The average Bonchev–Trinajstić information content (AvgIpc) is 3.34. The monoisotopic (exact) mass is 474 g/mol. The number of amides is 3. The third kappa shape index (κ3) is 5.54. The topological polar surface area (TPSA) is 92.8 Å². The number of nitrogens with zero attached hydrogens (tertiary/aromatic N) is 2. The number of anilines is 1. The lowest BCUT2D eigenvalue weighted by molar-refractivity contribution is -0.125. The zero-order chi connectivity index (χ0) is 24.8. The van der Waals surface area contributed by atoms with E-state index >= 15 is 0 Å². The number of carbonyl (C=O) groups excluding carboxylic acids is 2. The lowest BCUT2D eigenvalue weighted by Gasteiger charge is -2.21. The number of likely N-dealkylation sites (tertiary alicyclic amines) is 1. The zero-order valence-corrected chi connectivity index (χ0v) is 20.2. The van der Waals surface area contributed by atoms with Crippen LogP contribution in [0.4, 0.5) is 10.5 Å². The zero-order valence-electron chi connectivity index (χ0n) is 20.2. The molecular formula is C27H30N4O4. The fourth-order valence-corrected chi connectivity index (χ4v) is 4.41. The molecule has 1 fully saturated rings. The van der Waals surface area contributed by atoms with Gasteiger partial charge in [0.15, 0.2) is 11.5 Å². The van der Waals surface area contributed by atoms with Gasteiger partial charge >= 0.3 is 6.03 Å². The number of rotatable bonds is 7. The molecule has 2 N–H and O–H groups in total. The van der Waals surface area contributed by atoms with E-state index in [4.69, 9.17) is 9.47 Å². The molecule has 0 spiro atoms. The fourth-order valence-electron chi connectivity index (χ4n) is 4.41. The summed E-state index contributed by atoms with van der Waals surface area (Å²) in [6, 6.07) is 18.5. The predicted octanol–water partition coefficient (Wildman–Crippen LogP) is 3.97. The van der Waals surface area contributed by atoms with E-state index in [-0.39, 0.29) is 24.4 Å². The molecule has 4 rings (SSSR count). The van der Waals surface area contributed by atoms with Crippen LogP contribution in [0.3, 0.4) is 0 Å². The number of carbonyl (C=O) groups is 2. The lowest BCUT2D eigenvalue weighted by Crippen LogP contribution is -2.36. The van der Waals surface area contributed by atoms with Crippen LogP contribution in [0, 0.1) is 12.8 Å². The van der Waals surface area contributed by atoms with Crippen molar-refractivity contribution >= 4 is 17.6 Å². The molecule has 1 aromatic heterocycles. The van der Waals surface area contributed by atoms with Crippen molar-refractivity contribution in [3.05, 3.63) is 83.7 Å². The molecule has 8 heteroatoms. The first-order valence-electron chi connectivity index (χ1n) is 11.5. The van der Waals surface area contributed by atoms with Crippen molar-refractivity contribution in [3.63, 3.8) is 0 Å². The van der Waals surface area contributed by atoms with Crippen molar-refractivity contribution in [2.75, 3.05) is 32.6 Å². The van der Waals surface area contributed by atoms with E-state index in [1.165, 1.54) is 0 Å². The number of benzene rings is 2. The molecule has 182 valence electrons. The van der Waals surface area contributed by atoms with Crippen molar-refractivity contribution in [1.82, 2.24) is 15.2 Å².